The Labute approximate surface area is 237 Å². The summed E-state index contributed by atoms with van der Waals surface area (Å²) in [6.45, 7) is 0. The predicted molar refractivity (Wildman–Crippen MR) is 159 cm³/mol. The van der Waals surface area contributed by atoms with E-state index in [-0.39, 0.29) is 17.7 Å². The standard InChI is InChI=1S/C30H31N5O4S/c1-37-22-12-8-19(9-13-22)26-17-27(24-16-20-6-4-5-7-25(20)33-29(24)39-3)35(34-26)30(31)40-18-28(36)32-21-10-14-23(38-2)15-11-21/h4-16,27,30H,17-18,31H2,1-3H3,(H,32,36). The molecule has 206 valence electrons. The summed E-state index contributed by atoms with van der Waals surface area (Å²) in [5.74, 6) is 2.00. The molecule has 1 aromatic heterocycles. The molecule has 0 spiro atoms. The van der Waals surface area contributed by atoms with Gasteiger partial charge in [-0.2, -0.15) is 5.10 Å². The molecule has 1 amide bonds. The van der Waals surface area contributed by atoms with Crippen LogP contribution in [0.2, 0.25) is 0 Å². The number of nitrogens with zero attached hydrogens (tertiary/aromatic N) is 3. The van der Waals surface area contributed by atoms with E-state index < -0.39 is 5.50 Å². The van der Waals surface area contributed by atoms with Gasteiger partial charge in [0.1, 0.15) is 17.0 Å². The predicted octanol–water partition coefficient (Wildman–Crippen LogP) is 5.03. The van der Waals surface area contributed by atoms with Crippen LogP contribution < -0.4 is 25.3 Å². The summed E-state index contributed by atoms with van der Waals surface area (Å²) in [6, 6.07) is 24.7. The summed E-state index contributed by atoms with van der Waals surface area (Å²) >= 11 is 1.31. The molecule has 10 heteroatoms. The van der Waals surface area contributed by atoms with Gasteiger partial charge in [0.05, 0.1) is 44.4 Å². The molecule has 0 saturated heterocycles. The van der Waals surface area contributed by atoms with Crippen LogP contribution in [0.1, 0.15) is 23.6 Å². The summed E-state index contributed by atoms with van der Waals surface area (Å²) in [6.07, 6.45) is 0.592. The van der Waals surface area contributed by atoms with Gasteiger partial charge in [0.2, 0.25) is 11.8 Å². The number of carbonyl (C=O) groups is 1. The second-order valence-electron chi connectivity index (χ2n) is 9.13. The number of hydrogen-bond donors (Lipinski definition) is 2. The molecule has 2 heterocycles. The van der Waals surface area contributed by atoms with Crippen molar-refractivity contribution in [2.45, 2.75) is 18.0 Å². The largest absolute Gasteiger partial charge is 0.497 e. The number of amides is 1. The van der Waals surface area contributed by atoms with Crippen molar-refractivity contribution in [3.05, 3.63) is 90.0 Å². The van der Waals surface area contributed by atoms with Crippen molar-refractivity contribution in [2.24, 2.45) is 10.8 Å². The highest BCUT2D eigenvalue weighted by Gasteiger charge is 2.35. The molecule has 4 aromatic rings. The van der Waals surface area contributed by atoms with Crippen molar-refractivity contribution in [2.75, 3.05) is 32.4 Å². The number of ether oxygens (including phenoxy) is 3. The molecule has 5 rings (SSSR count). The maximum atomic E-state index is 12.7. The highest BCUT2D eigenvalue weighted by Crippen LogP contribution is 2.40. The lowest BCUT2D eigenvalue weighted by molar-refractivity contribution is -0.113. The van der Waals surface area contributed by atoms with Gasteiger partial charge >= 0.3 is 0 Å². The fraction of sp³-hybridized carbons (Fsp3) is 0.233. The number of aromatic nitrogens is 1. The van der Waals surface area contributed by atoms with Crippen LogP contribution in [0, 0.1) is 0 Å². The quantitative estimate of drug-likeness (QED) is 0.261. The van der Waals surface area contributed by atoms with Crippen molar-refractivity contribution in [1.82, 2.24) is 9.99 Å². The smallest absolute Gasteiger partial charge is 0.234 e. The third kappa shape index (κ3) is 5.98. The Morgan fingerprint density at radius 2 is 1.68 bits per heavy atom. The SMILES string of the molecule is COc1ccc(NC(=O)CSC(N)N2N=C(c3ccc(OC)cc3)CC2c2cc3ccccc3nc2OC)cc1. The van der Waals surface area contributed by atoms with Gasteiger partial charge in [-0.1, -0.05) is 18.2 Å². The number of anilines is 1. The molecule has 0 fully saturated rings. The van der Waals surface area contributed by atoms with E-state index in [4.69, 9.17) is 30.0 Å². The zero-order valence-corrected chi connectivity index (χ0v) is 23.4. The van der Waals surface area contributed by atoms with E-state index in [2.05, 4.69) is 11.4 Å². The monoisotopic (exact) mass is 557 g/mol. The van der Waals surface area contributed by atoms with E-state index in [1.165, 1.54) is 11.8 Å². The van der Waals surface area contributed by atoms with E-state index in [9.17, 15) is 4.79 Å². The average Bonchev–Trinajstić information content (AvgIpc) is 3.45. The number of para-hydroxylation sites is 1. The first-order valence-corrected chi connectivity index (χ1v) is 13.8. The Kier molecular flexibility index (Phi) is 8.37. The van der Waals surface area contributed by atoms with Crippen LogP contribution in [-0.4, -0.2) is 54.2 Å². The van der Waals surface area contributed by atoms with E-state index >= 15 is 0 Å². The maximum Gasteiger partial charge on any atom is 0.234 e. The highest BCUT2D eigenvalue weighted by molar-refractivity contribution is 8.00. The minimum atomic E-state index is -0.599. The summed E-state index contributed by atoms with van der Waals surface area (Å²) in [4.78, 5) is 17.5. The number of thioether (sulfide) groups is 1. The maximum absolute atomic E-state index is 12.7. The van der Waals surface area contributed by atoms with Crippen LogP contribution in [0.3, 0.4) is 0 Å². The van der Waals surface area contributed by atoms with Gasteiger partial charge in [0, 0.05) is 23.1 Å². The number of hydrazone groups is 1. The summed E-state index contributed by atoms with van der Waals surface area (Å²) < 4.78 is 16.2. The number of carbonyl (C=O) groups excluding carboxylic acids is 1. The van der Waals surface area contributed by atoms with Crippen molar-refractivity contribution in [3.8, 4) is 17.4 Å². The highest BCUT2D eigenvalue weighted by atomic mass is 32.2. The number of hydrogen-bond acceptors (Lipinski definition) is 9. The van der Waals surface area contributed by atoms with Crippen LogP contribution in [0.15, 0.2) is 84.0 Å². The number of rotatable bonds is 10. The molecule has 3 aromatic carbocycles. The molecule has 0 saturated carbocycles. The topological polar surface area (TPSA) is 111 Å². The van der Waals surface area contributed by atoms with Crippen molar-refractivity contribution >= 4 is 40.0 Å². The van der Waals surface area contributed by atoms with Gasteiger partial charge in [-0.3, -0.25) is 9.80 Å². The summed E-state index contributed by atoms with van der Waals surface area (Å²) in [7, 11) is 4.85. The Bertz CT molecular complexity index is 1510. The number of nitrogens with two attached hydrogens (primary N) is 1. The lowest BCUT2D eigenvalue weighted by atomic mass is 9.98. The van der Waals surface area contributed by atoms with Gasteiger partial charge in [-0.15, -0.1) is 11.8 Å². The second-order valence-corrected chi connectivity index (χ2v) is 10.2. The first-order chi connectivity index (χ1) is 19.5. The summed E-state index contributed by atoms with van der Waals surface area (Å²) in [5.41, 5.74) is 10.3. The molecule has 0 aliphatic carbocycles. The lowest BCUT2D eigenvalue weighted by Crippen LogP contribution is -2.37. The van der Waals surface area contributed by atoms with Gasteiger partial charge in [-0.25, -0.2) is 4.98 Å². The third-order valence-electron chi connectivity index (χ3n) is 6.65. The Hall–Kier alpha value is -4.28. The molecule has 1 aliphatic heterocycles. The first-order valence-electron chi connectivity index (χ1n) is 12.7. The fourth-order valence-corrected chi connectivity index (χ4v) is 5.34. The van der Waals surface area contributed by atoms with Crippen LogP contribution in [0.5, 0.6) is 17.4 Å². The van der Waals surface area contributed by atoms with E-state index in [0.29, 0.717) is 18.0 Å². The first kappa shape index (κ1) is 27.3. The van der Waals surface area contributed by atoms with Crippen molar-refractivity contribution in [1.29, 1.82) is 0 Å². The van der Waals surface area contributed by atoms with Crippen molar-refractivity contribution < 1.29 is 19.0 Å². The Morgan fingerprint density at radius 3 is 2.35 bits per heavy atom. The fourth-order valence-electron chi connectivity index (χ4n) is 4.60. The molecular weight excluding hydrogens is 526 g/mol. The molecule has 3 N–H and O–H groups in total. The number of benzene rings is 3. The number of methoxy groups -OCH3 is 3. The Balaban J connectivity index is 1.39. The van der Waals surface area contributed by atoms with Crippen LogP contribution in [0.4, 0.5) is 5.69 Å². The molecule has 2 atom stereocenters. The lowest BCUT2D eigenvalue weighted by Gasteiger charge is -2.29. The molecule has 2 unspecified atom stereocenters. The van der Waals surface area contributed by atoms with Crippen LogP contribution in [0.25, 0.3) is 10.9 Å². The average molecular weight is 558 g/mol. The van der Waals surface area contributed by atoms with Crippen LogP contribution in [-0.2, 0) is 4.79 Å². The molecule has 0 bridgehead atoms. The molecule has 9 nitrogen and oxygen atoms in total. The van der Waals surface area contributed by atoms with E-state index in [1.807, 2.05) is 53.5 Å². The van der Waals surface area contributed by atoms with Crippen LogP contribution >= 0.6 is 11.8 Å². The molecule has 40 heavy (non-hydrogen) atoms. The van der Waals surface area contributed by atoms with Gasteiger partial charge in [-0.05, 0) is 66.2 Å². The second kappa shape index (κ2) is 12.3. The molecule has 0 radical (unpaired) electrons. The van der Waals surface area contributed by atoms with Gasteiger partial charge in [0.25, 0.3) is 0 Å². The number of pyridine rings is 1. The van der Waals surface area contributed by atoms with Gasteiger partial charge < -0.3 is 25.3 Å². The van der Waals surface area contributed by atoms with E-state index in [0.717, 1.165) is 39.2 Å². The summed E-state index contributed by atoms with van der Waals surface area (Å²) in [5, 5.41) is 10.7. The molecular formula is C30H31N5O4S. The van der Waals surface area contributed by atoms with Crippen molar-refractivity contribution in [3.63, 3.8) is 0 Å². The minimum Gasteiger partial charge on any atom is -0.497 e. The normalized spacial score (nSPS) is 15.4. The zero-order chi connectivity index (χ0) is 28.1. The number of nitrogens with one attached hydrogen (secondary N) is 1. The number of fused-ring (bicyclic) bond motifs is 1. The third-order valence-corrected chi connectivity index (χ3v) is 7.64. The molecule has 1 aliphatic rings. The zero-order valence-electron chi connectivity index (χ0n) is 22.5. The van der Waals surface area contributed by atoms with Gasteiger partial charge in [0.15, 0.2) is 0 Å². The van der Waals surface area contributed by atoms with E-state index in [1.54, 1.807) is 45.6 Å². The minimum absolute atomic E-state index is 0.150. The Morgan fingerprint density at radius 1 is 1.00 bits per heavy atom.